The van der Waals surface area contributed by atoms with Crippen LogP contribution in [0.25, 0.3) is 0 Å². The van der Waals surface area contributed by atoms with Crippen molar-refractivity contribution in [2.24, 2.45) is 0 Å². The second kappa shape index (κ2) is 7.71. The van der Waals surface area contributed by atoms with Gasteiger partial charge in [-0.1, -0.05) is 12.1 Å². The lowest BCUT2D eigenvalue weighted by atomic mass is 10.1. The zero-order valence-electron chi connectivity index (χ0n) is 15.6. The van der Waals surface area contributed by atoms with Gasteiger partial charge in [0.15, 0.2) is 12.4 Å². The van der Waals surface area contributed by atoms with E-state index in [1.54, 1.807) is 36.2 Å². The zero-order valence-corrected chi connectivity index (χ0v) is 16.5. The third-order valence-electron chi connectivity index (χ3n) is 4.90. The molecule has 0 aliphatic carbocycles. The van der Waals surface area contributed by atoms with Crippen molar-refractivity contribution in [3.8, 4) is 0 Å². The number of benzene rings is 2. The zero-order chi connectivity index (χ0) is 20.5. The molecule has 0 radical (unpaired) electrons. The summed E-state index contributed by atoms with van der Waals surface area (Å²) in [4.78, 5) is 50.9. The van der Waals surface area contributed by atoms with Crippen molar-refractivity contribution in [1.82, 2.24) is 0 Å². The molecule has 4 rings (SSSR count). The van der Waals surface area contributed by atoms with Crippen molar-refractivity contribution >= 4 is 46.7 Å². The molecule has 7 nitrogen and oxygen atoms in total. The number of nitrogens with one attached hydrogen (secondary N) is 1. The van der Waals surface area contributed by atoms with E-state index < -0.39 is 17.8 Å². The second-order valence-corrected chi connectivity index (χ2v) is 8.10. The van der Waals surface area contributed by atoms with Crippen LogP contribution in [-0.4, -0.2) is 42.5 Å². The van der Waals surface area contributed by atoms with E-state index in [0.29, 0.717) is 5.56 Å². The standard InChI is InChI=1S/C21H18N2O5S/c1-23-15-7-6-12(8-13(15)9-19(23)25)16(24)11-28-20(26)10-18-21(27)22-14-4-2-3-5-17(14)29-18/h2-8,18H,9-11H2,1H3,(H,22,27)/t18-/m1/s1. The summed E-state index contributed by atoms with van der Waals surface area (Å²) in [6, 6.07) is 12.4. The number of hydrogen-bond donors (Lipinski definition) is 1. The van der Waals surface area contributed by atoms with Crippen molar-refractivity contribution in [3.63, 3.8) is 0 Å². The first-order valence-corrected chi connectivity index (χ1v) is 9.95. The molecule has 148 valence electrons. The van der Waals surface area contributed by atoms with Gasteiger partial charge in [0.05, 0.1) is 23.8 Å². The lowest BCUT2D eigenvalue weighted by Crippen LogP contribution is -2.31. The van der Waals surface area contributed by atoms with E-state index in [2.05, 4.69) is 5.32 Å². The number of carbonyl (C=O) groups is 4. The number of fused-ring (bicyclic) bond motifs is 2. The summed E-state index contributed by atoms with van der Waals surface area (Å²) in [5.41, 5.74) is 2.68. The Labute approximate surface area is 171 Å². The number of likely N-dealkylation sites (N-methyl/N-ethyl adjacent to an activating group) is 1. The van der Waals surface area contributed by atoms with Gasteiger partial charge < -0.3 is 15.0 Å². The SMILES string of the molecule is CN1C(=O)Cc2cc(C(=O)COC(=O)C[C@H]3Sc4ccccc4NC3=O)ccc21. The van der Waals surface area contributed by atoms with E-state index in [4.69, 9.17) is 4.74 Å². The van der Waals surface area contributed by atoms with Crippen LogP contribution in [0.1, 0.15) is 22.3 Å². The first-order valence-electron chi connectivity index (χ1n) is 9.07. The van der Waals surface area contributed by atoms with Gasteiger partial charge >= 0.3 is 5.97 Å². The quantitative estimate of drug-likeness (QED) is 0.601. The number of anilines is 2. The van der Waals surface area contributed by atoms with Crippen LogP contribution >= 0.6 is 11.8 Å². The first-order chi connectivity index (χ1) is 13.9. The minimum Gasteiger partial charge on any atom is -0.457 e. The Hall–Kier alpha value is -3.13. The molecule has 0 spiro atoms. The van der Waals surface area contributed by atoms with Crippen LogP contribution in [0.4, 0.5) is 11.4 Å². The summed E-state index contributed by atoms with van der Waals surface area (Å²) >= 11 is 1.30. The minimum absolute atomic E-state index is 0.0270. The average Bonchev–Trinajstić information content (AvgIpc) is 3.00. The molecular weight excluding hydrogens is 392 g/mol. The third-order valence-corrected chi connectivity index (χ3v) is 6.18. The Kier molecular flexibility index (Phi) is 5.10. The van der Waals surface area contributed by atoms with Crippen molar-refractivity contribution in [2.45, 2.75) is 23.0 Å². The van der Waals surface area contributed by atoms with Gasteiger partial charge in [-0.2, -0.15) is 0 Å². The van der Waals surface area contributed by atoms with Gasteiger partial charge in [0.25, 0.3) is 0 Å². The smallest absolute Gasteiger partial charge is 0.307 e. The number of amides is 2. The molecule has 0 saturated heterocycles. The summed E-state index contributed by atoms with van der Waals surface area (Å²) in [5.74, 6) is -1.25. The number of rotatable bonds is 5. The van der Waals surface area contributed by atoms with Gasteiger partial charge in [0.2, 0.25) is 11.8 Å². The predicted molar refractivity (Wildman–Crippen MR) is 108 cm³/mol. The van der Waals surface area contributed by atoms with Crippen molar-refractivity contribution < 1.29 is 23.9 Å². The van der Waals surface area contributed by atoms with Crippen LogP contribution in [0.3, 0.4) is 0 Å². The van der Waals surface area contributed by atoms with Gasteiger partial charge in [0.1, 0.15) is 0 Å². The molecule has 1 atom stereocenters. The van der Waals surface area contributed by atoms with Crippen LogP contribution < -0.4 is 10.2 Å². The second-order valence-electron chi connectivity index (χ2n) is 6.85. The van der Waals surface area contributed by atoms with Gasteiger partial charge in [-0.25, -0.2) is 0 Å². The van der Waals surface area contributed by atoms with Crippen molar-refractivity contribution in [3.05, 3.63) is 53.6 Å². The largest absolute Gasteiger partial charge is 0.457 e. The summed E-state index contributed by atoms with van der Waals surface area (Å²) in [6.45, 7) is -0.406. The first kappa shape index (κ1) is 19.2. The number of ketones is 1. The third kappa shape index (κ3) is 3.88. The summed E-state index contributed by atoms with van der Waals surface area (Å²) in [6.07, 6.45) is 0.129. The number of carbonyl (C=O) groups excluding carboxylic acids is 4. The van der Waals surface area contributed by atoms with E-state index in [-0.39, 0.29) is 30.4 Å². The molecule has 2 heterocycles. The highest BCUT2D eigenvalue weighted by atomic mass is 32.2. The summed E-state index contributed by atoms with van der Waals surface area (Å²) in [5, 5.41) is 2.17. The topological polar surface area (TPSA) is 92.8 Å². The molecule has 8 heteroatoms. The lowest BCUT2D eigenvalue weighted by Gasteiger charge is -2.23. The molecular formula is C21H18N2O5S. The highest BCUT2D eigenvalue weighted by Gasteiger charge is 2.30. The average molecular weight is 410 g/mol. The minimum atomic E-state index is -0.610. The molecule has 0 aromatic heterocycles. The van der Waals surface area contributed by atoms with E-state index in [1.165, 1.54) is 11.8 Å². The Balaban J connectivity index is 1.33. The van der Waals surface area contributed by atoms with Gasteiger partial charge in [-0.15, -0.1) is 11.8 Å². The Morgan fingerprint density at radius 1 is 1.21 bits per heavy atom. The van der Waals surface area contributed by atoms with Crippen LogP contribution in [0, 0.1) is 0 Å². The Morgan fingerprint density at radius 2 is 2.00 bits per heavy atom. The van der Waals surface area contributed by atoms with Gasteiger partial charge in [-0.05, 0) is 35.9 Å². The molecule has 0 bridgehead atoms. The fourth-order valence-electron chi connectivity index (χ4n) is 3.31. The van der Waals surface area contributed by atoms with Crippen LogP contribution in [0.5, 0.6) is 0 Å². The maximum absolute atomic E-state index is 12.4. The fraction of sp³-hybridized carbons (Fsp3) is 0.238. The molecule has 2 aliphatic heterocycles. The molecule has 2 aromatic rings. The van der Waals surface area contributed by atoms with E-state index in [9.17, 15) is 19.2 Å². The number of para-hydroxylation sites is 1. The van der Waals surface area contributed by atoms with E-state index in [0.717, 1.165) is 21.8 Å². The van der Waals surface area contributed by atoms with Crippen molar-refractivity contribution in [1.29, 1.82) is 0 Å². The van der Waals surface area contributed by atoms with E-state index in [1.807, 2.05) is 18.2 Å². The highest BCUT2D eigenvalue weighted by molar-refractivity contribution is 8.01. The molecule has 0 unspecified atom stereocenters. The Bertz CT molecular complexity index is 1040. The molecule has 1 N–H and O–H groups in total. The molecule has 0 saturated carbocycles. The van der Waals surface area contributed by atoms with Crippen molar-refractivity contribution in [2.75, 3.05) is 23.9 Å². The molecule has 29 heavy (non-hydrogen) atoms. The number of thioether (sulfide) groups is 1. The number of nitrogens with zero attached hydrogens (tertiary/aromatic N) is 1. The van der Waals surface area contributed by atoms with Crippen LogP contribution in [0.2, 0.25) is 0 Å². The summed E-state index contributed by atoms with van der Waals surface area (Å²) in [7, 11) is 1.69. The van der Waals surface area contributed by atoms with Gasteiger partial charge in [-0.3, -0.25) is 19.2 Å². The predicted octanol–water partition coefficient (Wildman–Crippen LogP) is 2.43. The number of esters is 1. The molecule has 2 aromatic carbocycles. The fourth-order valence-corrected chi connectivity index (χ4v) is 4.41. The maximum Gasteiger partial charge on any atom is 0.307 e. The summed E-state index contributed by atoms with van der Waals surface area (Å²) < 4.78 is 5.10. The maximum atomic E-state index is 12.4. The molecule has 0 fully saturated rings. The monoisotopic (exact) mass is 410 g/mol. The highest BCUT2D eigenvalue weighted by Crippen LogP contribution is 2.36. The van der Waals surface area contributed by atoms with E-state index >= 15 is 0 Å². The number of hydrogen-bond acceptors (Lipinski definition) is 6. The number of ether oxygens (including phenoxy) is 1. The normalized spacial score (nSPS) is 17.4. The Morgan fingerprint density at radius 3 is 2.83 bits per heavy atom. The molecule has 2 aliphatic rings. The van der Waals surface area contributed by atoms with Crippen LogP contribution in [0.15, 0.2) is 47.4 Å². The molecule has 2 amide bonds. The van der Waals surface area contributed by atoms with Crippen LogP contribution in [-0.2, 0) is 25.5 Å². The van der Waals surface area contributed by atoms with Gasteiger partial charge in [0, 0.05) is 23.2 Å². The number of Topliss-reactive ketones (excluding diaryl/α,β-unsaturated/α-hetero) is 1. The lowest BCUT2D eigenvalue weighted by molar-refractivity contribution is -0.143.